The Balaban J connectivity index is 0.00000364. The highest BCUT2D eigenvalue weighted by atomic mass is 127. The van der Waals surface area contributed by atoms with E-state index in [0.29, 0.717) is 24.2 Å². The van der Waals surface area contributed by atoms with Crippen molar-refractivity contribution >= 4 is 29.9 Å². The Kier molecular flexibility index (Phi) is 11.0. The number of hydrogen-bond acceptors (Lipinski definition) is 3. The second-order valence-corrected chi connectivity index (χ2v) is 6.20. The minimum Gasteiger partial charge on any atom is -0.378 e. The second kappa shape index (κ2) is 12.4. The third kappa shape index (κ3) is 10.2. The molecule has 1 unspecified atom stereocenters. The van der Waals surface area contributed by atoms with Crippen LogP contribution in [0.25, 0.3) is 0 Å². The lowest BCUT2D eigenvalue weighted by Crippen LogP contribution is -2.38. The number of aliphatic imine (C=N–C) groups is 1. The first-order valence-corrected chi connectivity index (χ1v) is 8.75. The maximum atomic E-state index is 12.1. The maximum Gasteiger partial charge on any atom is 0.411 e. The number of rotatable bonds is 8. The molecule has 1 aromatic carbocycles. The molecule has 0 aromatic heterocycles. The van der Waals surface area contributed by atoms with Crippen LogP contribution in [0, 0.1) is 0 Å². The molecule has 0 aliphatic carbocycles. The smallest absolute Gasteiger partial charge is 0.378 e. The van der Waals surface area contributed by atoms with Gasteiger partial charge in [-0.1, -0.05) is 24.3 Å². The summed E-state index contributed by atoms with van der Waals surface area (Å²) in [5, 5.41) is 6.46. The van der Waals surface area contributed by atoms with Gasteiger partial charge in [-0.3, -0.25) is 4.99 Å². The van der Waals surface area contributed by atoms with Gasteiger partial charge in [-0.2, -0.15) is 13.2 Å². The molecule has 1 aliphatic rings. The van der Waals surface area contributed by atoms with E-state index in [0.717, 1.165) is 38.0 Å². The zero-order valence-corrected chi connectivity index (χ0v) is 17.7. The van der Waals surface area contributed by atoms with Gasteiger partial charge in [0.05, 0.1) is 12.7 Å². The summed E-state index contributed by atoms with van der Waals surface area (Å²) in [5.41, 5.74) is 1.71. The van der Waals surface area contributed by atoms with Gasteiger partial charge < -0.3 is 20.1 Å². The first-order valence-electron chi connectivity index (χ1n) is 8.75. The van der Waals surface area contributed by atoms with Gasteiger partial charge in [-0.25, -0.2) is 0 Å². The van der Waals surface area contributed by atoms with Crippen LogP contribution >= 0.6 is 24.0 Å². The lowest BCUT2D eigenvalue weighted by atomic mass is 10.1. The molecule has 0 radical (unpaired) electrons. The third-order valence-corrected chi connectivity index (χ3v) is 4.02. The highest BCUT2D eigenvalue weighted by Gasteiger charge is 2.27. The third-order valence-electron chi connectivity index (χ3n) is 4.02. The van der Waals surface area contributed by atoms with Crippen LogP contribution in [0.1, 0.15) is 30.4 Å². The van der Waals surface area contributed by atoms with E-state index in [1.807, 2.05) is 12.1 Å². The van der Waals surface area contributed by atoms with Gasteiger partial charge in [0.1, 0.15) is 6.61 Å². The molecule has 1 atom stereocenters. The number of nitrogens with one attached hydrogen (secondary N) is 2. The molecule has 1 saturated heterocycles. The van der Waals surface area contributed by atoms with Crippen molar-refractivity contribution in [1.82, 2.24) is 10.6 Å². The lowest BCUT2D eigenvalue weighted by molar-refractivity contribution is -0.176. The fourth-order valence-electron chi connectivity index (χ4n) is 2.67. The average Bonchev–Trinajstić information content (AvgIpc) is 3.11. The molecule has 27 heavy (non-hydrogen) atoms. The van der Waals surface area contributed by atoms with Crippen LogP contribution in [-0.2, 0) is 22.6 Å². The van der Waals surface area contributed by atoms with Crippen LogP contribution in [0.2, 0.25) is 0 Å². The van der Waals surface area contributed by atoms with Crippen LogP contribution in [0.15, 0.2) is 29.3 Å². The van der Waals surface area contributed by atoms with Gasteiger partial charge >= 0.3 is 6.18 Å². The molecule has 0 saturated carbocycles. The highest BCUT2D eigenvalue weighted by Crippen LogP contribution is 2.16. The van der Waals surface area contributed by atoms with Crippen LogP contribution < -0.4 is 10.6 Å². The van der Waals surface area contributed by atoms with Gasteiger partial charge in [0.25, 0.3) is 0 Å². The Morgan fingerprint density at radius 2 is 1.93 bits per heavy atom. The Morgan fingerprint density at radius 1 is 1.22 bits per heavy atom. The normalized spacial score (nSPS) is 17.5. The topological polar surface area (TPSA) is 54.9 Å². The van der Waals surface area contributed by atoms with E-state index in [1.54, 1.807) is 19.2 Å². The molecule has 1 aliphatic heterocycles. The van der Waals surface area contributed by atoms with Gasteiger partial charge in [0.2, 0.25) is 0 Å². The van der Waals surface area contributed by atoms with Crippen molar-refractivity contribution in [2.45, 2.75) is 44.7 Å². The average molecular weight is 501 g/mol. The molecule has 1 heterocycles. The van der Waals surface area contributed by atoms with Crippen molar-refractivity contribution in [2.75, 3.05) is 26.8 Å². The van der Waals surface area contributed by atoms with E-state index in [4.69, 9.17) is 4.74 Å². The van der Waals surface area contributed by atoms with Crippen molar-refractivity contribution in [1.29, 1.82) is 0 Å². The van der Waals surface area contributed by atoms with E-state index in [1.165, 1.54) is 0 Å². The van der Waals surface area contributed by atoms with E-state index >= 15 is 0 Å². The first-order chi connectivity index (χ1) is 12.5. The summed E-state index contributed by atoms with van der Waals surface area (Å²) < 4.78 is 46.4. The largest absolute Gasteiger partial charge is 0.411 e. The molecular weight excluding hydrogens is 474 g/mol. The fraction of sp³-hybridized carbons (Fsp3) is 0.611. The number of nitrogens with zero attached hydrogens (tertiary/aromatic N) is 1. The highest BCUT2D eigenvalue weighted by molar-refractivity contribution is 14.0. The van der Waals surface area contributed by atoms with Gasteiger partial charge in [-0.15, -0.1) is 24.0 Å². The van der Waals surface area contributed by atoms with E-state index in [-0.39, 0.29) is 30.6 Å². The van der Waals surface area contributed by atoms with E-state index < -0.39 is 12.8 Å². The molecule has 2 N–H and O–H groups in total. The standard InChI is InChI=1S/C18H26F3N3O2.HI/c1-22-17(23-9-8-16-3-2-10-26-16)24-11-14-4-6-15(7-5-14)12-25-13-18(19,20)21;/h4-7,16H,2-3,8-13H2,1H3,(H2,22,23,24);1H. The second-order valence-electron chi connectivity index (χ2n) is 6.20. The van der Waals surface area contributed by atoms with Gasteiger partial charge in [0, 0.05) is 26.7 Å². The molecule has 1 aromatic rings. The summed E-state index contributed by atoms with van der Waals surface area (Å²) in [5.74, 6) is 0.709. The fourth-order valence-corrected chi connectivity index (χ4v) is 2.67. The quantitative estimate of drug-likeness (QED) is 0.325. The van der Waals surface area contributed by atoms with Crippen LogP contribution in [0.5, 0.6) is 0 Å². The Labute approximate surface area is 175 Å². The molecule has 154 valence electrons. The number of ether oxygens (including phenoxy) is 2. The molecule has 5 nitrogen and oxygen atoms in total. The number of hydrogen-bond donors (Lipinski definition) is 2. The molecule has 0 amide bonds. The number of halogens is 4. The summed E-state index contributed by atoms with van der Waals surface area (Å²) in [6.07, 6.45) is -0.751. The molecular formula is C18H27F3IN3O2. The summed E-state index contributed by atoms with van der Waals surface area (Å²) in [6.45, 7) is 0.932. The summed E-state index contributed by atoms with van der Waals surface area (Å²) in [7, 11) is 1.71. The number of alkyl halides is 3. The van der Waals surface area contributed by atoms with Crippen LogP contribution in [0.4, 0.5) is 13.2 Å². The first kappa shape index (κ1) is 24.0. The van der Waals surface area contributed by atoms with Crippen LogP contribution in [0.3, 0.4) is 0 Å². The lowest BCUT2D eigenvalue weighted by Gasteiger charge is -2.14. The van der Waals surface area contributed by atoms with Gasteiger partial charge in [-0.05, 0) is 30.4 Å². The molecule has 0 bridgehead atoms. The number of benzene rings is 1. The van der Waals surface area contributed by atoms with Crippen molar-refractivity contribution in [3.8, 4) is 0 Å². The zero-order chi connectivity index (χ0) is 18.8. The minimum absolute atomic E-state index is 0. The molecule has 2 rings (SSSR count). The molecule has 9 heteroatoms. The molecule has 1 fully saturated rings. The maximum absolute atomic E-state index is 12.1. The monoisotopic (exact) mass is 501 g/mol. The van der Waals surface area contributed by atoms with Crippen molar-refractivity contribution in [3.63, 3.8) is 0 Å². The Bertz CT molecular complexity index is 562. The SMILES string of the molecule is CN=C(NCCC1CCCO1)NCc1ccc(COCC(F)(F)F)cc1.I. The predicted molar refractivity (Wildman–Crippen MR) is 109 cm³/mol. The van der Waals surface area contributed by atoms with E-state index in [9.17, 15) is 13.2 Å². The molecule has 0 spiro atoms. The zero-order valence-electron chi connectivity index (χ0n) is 15.3. The minimum atomic E-state index is -4.30. The van der Waals surface area contributed by atoms with Crippen LogP contribution in [-0.4, -0.2) is 45.0 Å². The van der Waals surface area contributed by atoms with Crippen molar-refractivity contribution in [2.24, 2.45) is 4.99 Å². The Hall–Kier alpha value is -1.07. The summed E-state index contributed by atoms with van der Waals surface area (Å²) in [4.78, 5) is 4.18. The Morgan fingerprint density at radius 3 is 2.52 bits per heavy atom. The summed E-state index contributed by atoms with van der Waals surface area (Å²) in [6, 6.07) is 7.25. The van der Waals surface area contributed by atoms with Gasteiger partial charge in [0.15, 0.2) is 5.96 Å². The number of guanidine groups is 1. The predicted octanol–water partition coefficient (Wildman–Crippen LogP) is 3.62. The summed E-state index contributed by atoms with van der Waals surface area (Å²) >= 11 is 0. The van der Waals surface area contributed by atoms with Crippen molar-refractivity contribution in [3.05, 3.63) is 35.4 Å². The van der Waals surface area contributed by atoms with E-state index in [2.05, 4.69) is 20.4 Å². The van der Waals surface area contributed by atoms with Crippen molar-refractivity contribution < 1.29 is 22.6 Å².